The maximum absolute atomic E-state index is 2.56. The molecule has 0 bridgehead atoms. The summed E-state index contributed by atoms with van der Waals surface area (Å²) in [6, 6.07) is 15.7. The van der Waals surface area contributed by atoms with Crippen molar-refractivity contribution in [3.05, 3.63) is 53.6 Å². The Balaban J connectivity index is 1.73. The van der Waals surface area contributed by atoms with E-state index in [0.29, 0.717) is 0 Å². The third-order valence-corrected chi connectivity index (χ3v) is 4.99. The summed E-state index contributed by atoms with van der Waals surface area (Å²) in [6.45, 7) is 4.36. The molecule has 0 unspecified atom stereocenters. The van der Waals surface area contributed by atoms with Crippen molar-refractivity contribution in [2.24, 2.45) is 0 Å². The monoisotopic (exact) mass is 307 g/mol. The lowest BCUT2D eigenvalue weighted by molar-refractivity contribution is 0.400. The summed E-state index contributed by atoms with van der Waals surface area (Å²) in [5.41, 5.74) is 7.21. The van der Waals surface area contributed by atoms with Crippen molar-refractivity contribution in [2.75, 3.05) is 43.5 Å². The van der Waals surface area contributed by atoms with E-state index in [1.807, 2.05) is 0 Å². The Morgan fingerprint density at radius 1 is 0.957 bits per heavy atom. The van der Waals surface area contributed by atoms with Crippen LogP contribution in [-0.4, -0.2) is 38.6 Å². The first-order chi connectivity index (χ1) is 11.2. The molecule has 0 aliphatic carbocycles. The average molecular weight is 307 g/mol. The number of hydrogen-bond donors (Lipinski definition) is 0. The fraction of sp³-hybridized carbons (Fsp3) is 0.400. The van der Waals surface area contributed by atoms with Gasteiger partial charge in [-0.25, -0.2) is 0 Å². The highest BCUT2D eigenvalue weighted by Gasteiger charge is 2.29. The van der Waals surface area contributed by atoms with Crippen LogP contribution in [0, 0.1) is 0 Å². The molecule has 0 saturated heterocycles. The first-order valence-corrected chi connectivity index (χ1v) is 8.61. The SMILES string of the molecule is CN(C)CCCN1Cc2cccc3c2N(CC3)c2ccccc21. The van der Waals surface area contributed by atoms with E-state index >= 15 is 0 Å². The zero-order chi connectivity index (χ0) is 15.8. The molecule has 120 valence electrons. The zero-order valence-electron chi connectivity index (χ0n) is 14.1. The van der Waals surface area contributed by atoms with E-state index < -0.39 is 0 Å². The minimum absolute atomic E-state index is 1.02. The van der Waals surface area contributed by atoms with Crippen LogP contribution in [0.2, 0.25) is 0 Å². The molecule has 0 atom stereocenters. The van der Waals surface area contributed by atoms with Crippen molar-refractivity contribution in [1.29, 1.82) is 0 Å². The Morgan fingerprint density at radius 2 is 1.74 bits per heavy atom. The maximum atomic E-state index is 2.56. The van der Waals surface area contributed by atoms with Crippen LogP contribution in [0.5, 0.6) is 0 Å². The lowest BCUT2D eigenvalue weighted by Crippen LogP contribution is -2.26. The number of benzene rings is 2. The van der Waals surface area contributed by atoms with Gasteiger partial charge in [0, 0.05) is 25.3 Å². The molecule has 0 saturated carbocycles. The standard InChI is InChI=1S/C20H25N3/c1-21(2)12-6-13-22-15-17-8-5-7-16-11-14-23(20(16)17)19-10-4-3-9-18(19)22/h3-5,7-10H,6,11-15H2,1-2H3. The van der Waals surface area contributed by atoms with Gasteiger partial charge in [-0.05, 0) is 56.7 Å². The van der Waals surface area contributed by atoms with Crippen LogP contribution < -0.4 is 9.80 Å². The van der Waals surface area contributed by atoms with Gasteiger partial charge in [0.15, 0.2) is 0 Å². The number of anilines is 3. The molecule has 2 aromatic carbocycles. The molecule has 2 aromatic rings. The minimum Gasteiger partial charge on any atom is -0.365 e. The normalized spacial score (nSPS) is 15.6. The summed E-state index contributed by atoms with van der Waals surface area (Å²) in [6.07, 6.45) is 2.36. The van der Waals surface area contributed by atoms with Crippen LogP contribution in [0.3, 0.4) is 0 Å². The molecule has 2 aliphatic rings. The second-order valence-corrected chi connectivity index (χ2v) is 6.89. The number of rotatable bonds is 4. The second-order valence-electron chi connectivity index (χ2n) is 6.89. The molecular weight excluding hydrogens is 282 g/mol. The Morgan fingerprint density at radius 3 is 2.57 bits per heavy atom. The number of fused-ring (bicyclic) bond motifs is 2. The van der Waals surface area contributed by atoms with Gasteiger partial charge in [-0.1, -0.05) is 30.3 Å². The van der Waals surface area contributed by atoms with Crippen LogP contribution in [0.25, 0.3) is 0 Å². The van der Waals surface area contributed by atoms with Crippen molar-refractivity contribution in [3.63, 3.8) is 0 Å². The van der Waals surface area contributed by atoms with E-state index in [1.165, 1.54) is 34.6 Å². The summed E-state index contributed by atoms with van der Waals surface area (Å²) in [7, 11) is 4.30. The van der Waals surface area contributed by atoms with E-state index in [0.717, 1.165) is 32.6 Å². The molecular formula is C20H25N3. The molecule has 3 nitrogen and oxygen atoms in total. The molecule has 0 radical (unpaired) electrons. The van der Waals surface area contributed by atoms with Gasteiger partial charge in [0.05, 0.1) is 11.4 Å². The summed E-state index contributed by atoms with van der Waals surface area (Å²) >= 11 is 0. The highest BCUT2D eigenvalue weighted by atomic mass is 15.2. The second kappa shape index (κ2) is 5.89. The van der Waals surface area contributed by atoms with Gasteiger partial charge < -0.3 is 14.7 Å². The number of hydrogen-bond acceptors (Lipinski definition) is 3. The Labute approximate surface area is 139 Å². The summed E-state index contributed by atoms with van der Waals surface area (Å²) < 4.78 is 0. The van der Waals surface area contributed by atoms with E-state index in [2.05, 4.69) is 71.3 Å². The molecule has 0 aromatic heterocycles. The zero-order valence-corrected chi connectivity index (χ0v) is 14.1. The molecule has 2 aliphatic heterocycles. The van der Waals surface area contributed by atoms with Crippen LogP contribution in [0.15, 0.2) is 42.5 Å². The van der Waals surface area contributed by atoms with Gasteiger partial charge in [0.1, 0.15) is 0 Å². The third kappa shape index (κ3) is 2.59. The van der Waals surface area contributed by atoms with Crippen LogP contribution in [-0.2, 0) is 13.0 Å². The number of para-hydroxylation sites is 3. The molecule has 3 heteroatoms. The highest BCUT2D eigenvalue weighted by Crippen LogP contribution is 2.45. The fourth-order valence-electron chi connectivity index (χ4n) is 3.93. The fourth-order valence-corrected chi connectivity index (χ4v) is 3.93. The van der Waals surface area contributed by atoms with Gasteiger partial charge in [0.2, 0.25) is 0 Å². The van der Waals surface area contributed by atoms with E-state index in [1.54, 1.807) is 0 Å². The van der Waals surface area contributed by atoms with Crippen LogP contribution in [0.1, 0.15) is 17.5 Å². The lowest BCUT2D eigenvalue weighted by Gasteiger charge is -2.27. The smallest absolute Gasteiger partial charge is 0.0648 e. The largest absolute Gasteiger partial charge is 0.365 e. The van der Waals surface area contributed by atoms with Crippen molar-refractivity contribution in [1.82, 2.24) is 4.90 Å². The minimum atomic E-state index is 1.02. The van der Waals surface area contributed by atoms with Gasteiger partial charge in [0.25, 0.3) is 0 Å². The van der Waals surface area contributed by atoms with Crippen LogP contribution >= 0.6 is 0 Å². The van der Waals surface area contributed by atoms with Crippen molar-refractivity contribution >= 4 is 17.1 Å². The van der Waals surface area contributed by atoms with E-state index in [4.69, 9.17) is 0 Å². The van der Waals surface area contributed by atoms with Crippen molar-refractivity contribution in [2.45, 2.75) is 19.4 Å². The third-order valence-electron chi connectivity index (χ3n) is 4.99. The van der Waals surface area contributed by atoms with Gasteiger partial charge in [-0.2, -0.15) is 0 Å². The lowest BCUT2D eigenvalue weighted by atomic mass is 10.1. The van der Waals surface area contributed by atoms with Crippen LogP contribution in [0.4, 0.5) is 17.1 Å². The summed E-state index contributed by atoms with van der Waals surface area (Å²) in [5.74, 6) is 0. The van der Waals surface area contributed by atoms with Crippen molar-refractivity contribution < 1.29 is 0 Å². The Hall–Kier alpha value is -2.00. The molecule has 0 spiro atoms. The first-order valence-electron chi connectivity index (χ1n) is 8.61. The first kappa shape index (κ1) is 14.6. The van der Waals surface area contributed by atoms with Gasteiger partial charge in [-0.3, -0.25) is 0 Å². The molecule has 0 amide bonds. The summed E-state index contributed by atoms with van der Waals surface area (Å²) in [5, 5.41) is 0. The Bertz CT molecular complexity index is 708. The summed E-state index contributed by atoms with van der Waals surface area (Å²) in [4.78, 5) is 7.37. The van der Waals surface area contributed by atoms with Gasteiger partial charge >= 0.3 is 0 Å². The van der Waals surface area contributed by atoms with Gasteiger partial charge in [-0.15, -0.1) is 0 Å². The molecule has 0 fully saturated rings. The molecule has 0 N–H and O–H groups in total. The predicted octanol–water partition coefficient (Wildman–Crippen LogP) is 3.65. The average Bonchev–Trinajstić information content (AvgIpc) is 2.92. The van der Waals surface area contributed by atoms with Crippen molar-refractivity contribution in [3.8, 4) is 0 Å². The van der Waals surface area contributed by atoms with E-state index in [-0.39, 0.29) is 0 Å². The quantitative estimate of drug-likeness (QED) is 0.853. The topological polar surface area (TPSA) is 9.72 Å². The molecule has 2 heterocycles. The number of nitrogens with zero attached hydrogens (tertiary/aromatic N) is 3. The molecule has 23 heavy (non-hydrogen) atoms. The highest BCUT2D eigenvalue weighted by molar-refractivity contribution is 5.84. The van der Waals surface area contributed by atoms with E-state index in [9.17, 15) is 0 Å². The Kier molecular flexibility index (Phi) is 3.74. The maximum Gasteiger partial charge on any atom is 0.0648 e. The molecule has 4 rings (SSSR count). The predicted molar refractivity (Wildman–Crippen MR) is 97.8 cm³/mol.